The molecule has 0 aromatic carbocycles. The second kappa shape index (κ2) is 6.60. The van der Waals surface area contributed by atoms with E-state index >= 15 is 0 Å². The molecule has 0 unspecified atom stereocenters. The molecule has 0 bridgehead atoms. The van der Waals surface area contributed by atoms with Crippen molar-refractivity contribution in [3.63, 3.8) is 0 Å². The van der Waals surface area contributed by atoms with E-state index in [-0.39, 0.29) is 0 Å². The van der Waals surface area contributed by atoms with Crippen molar-refractivity contribution < 1.29 is 0 Å². The lowest BCUT2D eigenvalue weighted by atomic mass is 9.87. The number of nitrogens with one attached hydrogen (secondary N) is 1. The Balaban J connectivity index is 1.69. The number of hydrogen-bond donors (Lipinski definition) is 2. The Kier molecular flexibility index (Phi) is 4.58. The van der Waals surface area contributed by atoms with E-state index in [1.165, 1.54) is 43.4 Å². The van der Waals surface area contributed by atoms with Crippen LogP contribution in [0.4, 0.5) is 11.8 Å². The zero-order valence-electron chi connectivity index (χ0n) is 12.7. The second-order valence-corrected chi connectivity index (χ2v) is 7.05. The van der Waals surface area contributed by atoms with Crippen molar-refractivity contribution in [2.24, 2.45) is 5.92 Å². The molecule has 21 heavy (non-hydrogen) atoms. The van der Waals surface area contributed by atoms with Crippen LogP contribution in [0, 0.1) is 5.92 Å². The Morgan fingerprint density at radius 1 is 1.29 bits per heavy atom. The lowest BCUT2D eigenvalue weighted by Gasteiger charge is -2.21. The van der Waals surface area contributed by atoms with Crippen molar-refractivity contribution in [1.82, 2.24) is 9.97 Å². The average molecular weight is 304 g/mol. The molecule has 2 aromatic rings. The van der Waals surface area contributed by atoms with Gasteiger partial charge in [0, 0.05) is 11.4 Å². The predicted octanol–water partition coefficient (Wildman–Crippen LogP) is 4.22. The van der Waals surface area contributed by atoms with Gasteiger partial charge in [0.15, 0.2) is 0 Å². The fourth-order valence-electron chi connectivity index (χ4n) is 3.17. The van der Waals surface area contributed by atoms with Crippen molar-refractivity contribution >= 4 is 33.3 Å². The van der Waals surface area contributed by atoms with Gasteiger partial charge in [-0.25, -0.2) is 4.98 Å². The Labute approximate surface area is 130 Å². The standard InChI is InChI=1S/C16H24N4S/c1-2-12-10-13-14(19-16(17)20-15(13)21-12)18-9-8-11-6-4-3-5-7-11/h10-11H,2-9H2,1H3,(H3,17,18,19,20). The number of rotatable bonds is 5. The number of thiophene rings is 1. The second-order valence-electron chi connectivity index (χ2n) is 5.93. The van der Waals surface area contributed by atoms with Crippen molar-refractivity contribution in [1.29, 1.82) is 0 Å². The third kappa shape index (κ3) is 3.46. The number of aromatic nitrogens is 2. The number of aryl methyl sites for hydroxylation is 1. The molecule has 1 saturated carbocycles. The maximum Gasteiger partial charge on any atom is 0.223 e. The van der Waals surface area contributed by atoms with Crippen molar-refractivity contribution in [2.75, 3.05) is 17.6 Å². The minimum absolute atomic E-state index is 0.368. The summed E-state index contributed by atoms with van der Waals surface area (Å²) in [6, 6.07) is 2.20. The van der Waals surface area contributed by atoms with Crippen molar-refractivity contribution in [3.05, 3.63) is 10.9 Å². The summed E-state index contributed by atoms with van der Waals surface area (Å²) in [6.07, 6.45) is 9.27. The third-order valence-corrected chi connectivity index (χ3v) is 5.55. The van der Waals surface area contributed by atoms with Crippen molar-refractivity contribution in [2.45, 2.75) is 51.9 Å². The Bertz CT molecular complexity index is 602. The first-order chi connectivity index (χ1) is 10.3. The lowest BCUT2D eigenvalue weighted by Crippen LogP contribution is -2.13. The SMILES string of the molecule is CCc1cc2c(NCCC3CCCCC3)nc(N)nc2s1. The fraction of sp³-hybridized carbons (Fsp3) is 0.625. The molecule has 1 fully saturated rings. The number of nitrogens with two attached hydrogens (primary N) is 1. The number of fused-ring (bicyclic) bond motifs is 1. The molecular formula is C16H24N4S. The quantitative estimate of drug-likeness (QED) is 0.868. The van der Waals surface area contributed by atoms with Gasteiger partial charge >= 0.3 is 0 Å². The Hall–Kier alpha value is -1.36. The van der Waals surface area contributed by atoms with E-state index < -0.39 is 0 Å². The molecule has 0 saturated heterocycles. The topological polar surface area (TPSA) is 63.8 Å². The Morgan fingerprint density at radius 3 is 2.86 bits per heavy atom. The maximum atomic E-state index is 5.83. The first-order valence-corrected chi connectivity index (χ1v) is 8.87. The normalized spacial score (nSPS) is 16.4. The maximum absolute atomic E-state index is 5.83. The molecule has 0 aliphatic heterocycles. The summed E-state index contributed by atoms with van der Waals surface area (Å²) in [7, 11) is 0. The Morgan fingerprint density at radius 2 is 2.10 bits per heavy atom. The molecule has 2 heterocycles. The van der Waals surface area contributed by atoms with Crippen LogP contribution in [0.25, 0.3) is 10.2 Å². The molecule has 3 N–H and O–H groups in total. The van der Waals surface area contributed by atoms with Gasteiger partial charge in [0.05, 0.1) is 5.39 Å². The summed E-state index contributed by atoms with van der Waals surface area (Å²) >= 11 is 1.72. The minimum atomic E-state index is 0.368. The van der Waals surface area contributed by atoms with Crippen LogP contribution in [0.5, 0.6) is 0 Å². The zero-order valence-corrected chi connectivity index (χ0v) is 13.5. The van der Waals surface area contributed by atoms with Gasteiger partial charge in [-0.3, -0.25) is 0 Å². The molecule has 3 rings (SSSR count). The molecular weight excluding hydrogens is 280 g/mol. The van der Waals surface area contributed by atoms with Crippen LogP contribution >= 0.6 is 11.3 Å². The molecule has 1 aliphatic carbocycles. The number of nitrogen functional groups attached to an aromatic ring is 1. The van der Waals surface area contributed by atoms with E-state index in [0.717, 1.165) is 34.9 Å². The van der Waals surface area contributed by atoms with Gasteiger partial charge < -0.3 is 11.1 Å². The smallest absolute Gasteiger partial charge is 0.223 e. The van der Waals surface area contributed by atoms with E-state index in [9.17, 15) is 0 Å². The number of anilines is 2. The summed E-state index contributed by atoms with van der Waals surface area (Å²) in [4.78, 5) is 11.1. The summed E-state index contributed by atoms with van der Waals surface area (Å²) < 4.78 is 0. The molecule has 0 amide bonds. The van der Waals surface area contributed by atoms with Gasteiger partial charge in [0.2, 0.25) is 5.95 Å². The first-order valence-electron chi connectivity index (χ1n) is 8.06. The van der Waals surface area contributed by atoms with E-state index in [1.807, 2.05) is 0 Å². The highest BCUT2D eigenvalue weighted by Crippen LogP contribution is 2.30. The first kappa shape index (κ1) is 14.6. The molecule has 0 spiro atoms. The molecule has 0 atom stereocenters. The predicted molar refractivity (Wildman–Crippen MR) is 90.9 cm³/mol. The van der Waals surface area contributed by atoms with Crippen LogP contribution in [0.15, 0.2) is 6.07 Å². The van der Waals surface area contributed by atoms with E-state index in [0.29, 0.717) is 5.95 Å². The molecule has 5 heteroatoms. The highest BCUT2D eigenvalue weighted by molar-refractivity contribution is 7.18. The molecule has 0 radical (unpaired) electrons. The van der Waals surface area contributed by atoms with Gasteiger partial charge in [-0.1, -0.05) is 39.0 Å². The van der Waals surface area contributed by atoms with E-state index in [1.54, 1.807) is 11.3 Å². The van der Waals surface area contributed by atoms with E-state index in [2.05, 4.69) is 28.3 Å². The van der Waals surface area contributed by atoms with Crippen molar-refractivity contribution in [3.8, 4) is 0 Å². The van der Waals surface area contributed by atoms with Gasteiger partial charge in [-0.05, 0) is 24.8 Å². The fourth-order valence-corrected chi connectivity index (χ4v) is 4.14. The van der Waals surface area contributed by atoms with Crippen LogP contribution in [-0.4, -0.2) is 16.5 Å². The summed E-state index contributed by atoms with van der Waals surface area (Å²) in [6.45, 7) is 3.14. The van der Waals surface area contributed by atoms with Gasteiger partial charge in [-0.15, -0.1) is 11.3 Å². The summed E-state index contributed by atoms with van der Waals surface area (Å²) in [5, 5.41) is 4.61. The number of nitrogens with zero attached hydrogens (tertiary/aromatic N) is 2. The molecule has 1 aliphatic rings. The third-order valence-electron chi connectivity index (χ3n) is 4.38. The highest BCUT2D eigenvalue weighted by Gasteiger charge is 2.14. The summed E-state index contributed by atoms with van der Waals surface area (Å²) in [5.74, 6) is 2.16. The van der Waals surface area contributed by atoms with Gasteiger partial charge in [0.25, 0.3) is 0 Å². The minimum Gasteiger partial charge on any atom is -0.369 e. The molecule has 2 aromatic heterocycles. The summed E-state index contributed by atoms with van der Waals surface area (Å²) in [5.41, 5.74) is 5.83. The molecule has 4 nitrogen and oxygen atoms in total. The van der Waals surface area contributed by atoms with Gasteiger partial charge in [-0.2, -0.15) is 4.98 Å². The largest absolute Gasteiger partial charge is 0.369 e. The highest BCUT2D eigenvalue weighted by atomic mass is 32.1. The average Bonchev–Trinajstić information content (AvgIpc) is 2.91. The van der Waals surface area contributed by atoms with Crippen LogP contribution in [0.2, 0.25) is 0 Å². The monoisotopic (exact) mass is 304 g/mol. The zero-order chi connectivity index (χ0) is 14.7. The van der Waals surface area contributed by atoms with Crippen LogP contribution < -0.4 is 11.1 Å². The lowest BCUT2D eigenvalue weighted by molar-refractivity contribution is 0.345. The molecule has 114 valence electrons. The van der Waals surface area contributed by atoms with Crippen LogP contribution in [0.1, 0.15) is 50.3 Å². The van der Waals surface area contributed by atoms with Crippen LogP contribution in [-0.2, 0) is 6.42 Å². The van der Waals surface area contributed by atoms with E-state index in [4.69, 9.17) is 5.73 Å². The van der Waals surface area contributed by atoms with Gasteiger partial charge in [0.1, 0.15) is 10.6 Å². The van der Waals surface area contributed by atoms with Crippen LogP contribution in [0.3, 0.4) is 0 Å². The number of hydrogen-bond acceptors (Lipinski definition) is 5.